The average Bonchev–Trinajstić information content (AvgIpc) is 3.22. The van der Waals surface area contributed by atoms with Crippen molar-refractivity contribution in [1.82, 2.24) is 19.5 Å². The Morgan fingerprint density at radius 3 is 2.63 bits per heavy atom. The summed E-state index contributed by atoms with van der Waals surface area (Å²) in [6, 6.07) is 14.2. The normalized spacial score (nSPS) is 14.2. The summed E-state index contributed by atoms with van der Waals surface area (Å²) in [7, 11) is 0. The number of aromatic nitrogens is 3. The number of carbonyl (C=O) groups excluding carboxylic acids is 1. The molecule has 0 atom stereocenters. The number of hydrogen-bond acceptors (Lipinski definition) is 6. The Bertz CT molecular complexity index is 1390. The van der Waals surface area contributed by atoms with Crippen molar-refractivity contribution in [2.24, 2.45) is 0 Å². The van der Waals surface area contributed by atoms with Gasteiger partial charge in [-0.3, -0.25) is 4.79 Å². The summed E-state index contributed by atoms with van der Waals surface area (Å²) in [6.07, 6.45) is 1.83. The van der Waals surface area contributed by atoms with Crippen LogP contribution in [-0.2, 0) is 11.2 Å². The number of nitrogen functional groups attached to an aromatic ring is 1. The molecule has 0 saturated carbocycles. The number of benzene rings is 2. The first kappa shape index (κ1) is 23.1. The third kappa shape index (κ3) is 4.41. The minimum atomic E-state index is 0.0344. The summed E-state index contributed by atoms with van der Waals surface area (Å²) in [6.45, 7) is 8.77. The zero-order valence-electron chi connectivity index (χ0n) is 20.5. The predicted octanol–water partition coefficient (Wildman–Crippen LogP) is 4.21. The van der Waals surface area contributed by atoms with E-state index in [1.54, 1.807) is 0 Å². The molecule has 5 rings (SSSR count). The number of ether oxygens (including phenoxy) is 1. The van der Waals surface area contributed by atoms with Crippen LogP contribution in [0.15, 0.2) is 42.5 Å². The molecule has 35 heavy (non-hydrogen) atoms. The van der Waals surface area contributed by atoms with Crippen LogP contribution in [0.4, 0.5) is 5.82 Å². The van der Waals surface area contributed by atoms with Crippen molar-refractivity contribution < 1.29 is 9.53 Å². The number of anilines is 1. The Labute approximate surface area is 205 Å². The lowest BCUT2D eigenvalue weighted by Gasteiger charge is -2.27. The first-order valence-electron chi connectivity index (χ1n) is 12.3. The number of aryl methyl sites for hydroxylation is 1. The number of imidazole rings is 1. The lowest BCUT2D eigenvalue weighted by atomic mass is 10.0. The molecule has 1 aliphatic rings. The molecule has 0 spiro atoms. The fourth-order valence-corrected chi connectivity index (χ4v) is 4.65. The molecule has 2 aromatic heterocycles. The second kappa shape index (κ2) is 9.54. The molecule has 0 unspecified atom stereocenters. The number of amides is 1. The monoisotopic (exact) mass is 472 g/mol. The van der Waals surface area contributed by atoms with E-state index in [4.69, 9.17) is 20.4 Å². The second-order valence-corrected chi connectivity index (χ2v) is 9.31. The number of fused-ring (bicyclic) bond motifs is 3. The van der Waals surface area contributed by atoms with Crippen molar-refractivity contribution in [2.45, 2.75) is 39.7 Å². The molecule has 1 fully saturated rings. The van der Waals surface area contributed by atoms with E-state index in [0.717, 1.165) is 51.7 Å². The number of nitrogens with two attached hydrogens (primary N) is 1. The van der Waals surface area contributed by atoms with Gasteiger partial charge < -0.3 is 20.8 Å². The molecule has 0 radical (unpaired) electrons. The summed E-state index contributed by atoms with van der Waals surface area (Å²) in [5.74, 6) is 1.41. The molecule has 8 nitrogen and oxygen atoms in total. The standard InChI is InChI=1S/C27H32N6O2/c1-4-6-23-30-24-25(33(23)31-17(2)3)21-10-9-19(16-22(21)29-26(24)28)18-7-5-8-20(15-18)27(34)32-11-13-35-14-12-32/h5,7-10,15-17,31H,4,6,11-14H2,1-3H3,(H2,28,29). The van der Waals surface area contributed by atoms with Crippen LogP contribution in [0.3, 0.4) is 0 Å². The Kier molecular flexibility index (Phi) is 6.30. The van der Waals surface area contributed by atoms with E-state index in [-0.39, 0.29) is 11.9 Å². The van der Waals surface area contributed by atoms with Crippen LogP contribution in [0.2, 0.25) is 0 Å². The minimum Gasteiger partial charge on any atom is -0.382 e. The van der Waals surface area contributed by atoms with Crippen LogP contribution >= 0.6 is 0 Å². The molecule has 4 aromatic rings. The highest BCUT2D eigenvalue weighted by Gasteiger charge is 2.20. The summed E-state index contributed by atoms with van der Waals surface area (Å²) < 4.78 is 7.46. The van der Waals surface area contributed by atoms with Gasteiger partial charge in [-0.25, -0.2) is 14.6 Å². The molecule has 3 N–H and O–H groups in total. The summed E-state index contributed by atoms with van der Waals surface area (Å²) in [5, 5.41) is 0.988. The highest BCUT2D eigenvalue weighted by molar-refractivity contribution is 6.07. The number of nitrogens with zero attached hydrogens (tertiary/aromatic N) is 4. The fraction of sp³-hybridized carbons (Fsp3) is 0.370. The second-order valence-electron chi connectivity index (χ2n) is 9.31. The molecule has 182 valence electrons. The first-order chi connectivity index (χ1) is 17.0. The molecular formula is C27H32N6O2. The van der Waals surface area contributed by atoms with Gasteiger partial charge in [-0.1, -0.05) is 25.1 Å². The molecule has 1 saturated heterocycles. The summed E-state index contributed by atoms with van der Waals surface area (Å²) >= 11 is 0. The van der Waals surface area contributed by atoms with Crippen molar-refractivity contribution in [3.05, 3.63) is 53.9 Å². The van der Waals surface area contributed by atoms with Crippen LogP contribution in [0.1, 0.15) is 43.4 Å². The largest absolute Gasteiger partial charge is 0.382 e. The summed E-state index contributed by atoms with van der Waals surface area (Å²) in [5.41, 5.74) is 15.0. The number of morpholine rings is 1. The molecule has 2 aromatic carbocycles. The Hall–Kier alpha value is -3.65. The van der Waals surface area contributed by atoms with Gasteiger partial charge in [-0.05, 0) is 55.7 Å². The smallest absolute Gasteiger partial charge is 0.254 e. The third-order valence-corrected chi connectivity index (χ3v) is 6.29. The van der Waals surface area contributed by atoms with Crippen LogP contribution in [0, 0.1) is 0 Å². The number of carbonyl (C=O) groups is 1. The van der Waals surface area contributed by atoms with Crippen LogP contribution in [0.25, 0.3) is 33.1 Å². The van der Waals surface area contributed by atoms with Crippen LogP contribution < -0.4 is 11.2 Å². The van der Waals surface area contributed by atoms with E-state index in [2.05, 4.69) is 43.0 Å². The number of pyridine rings is 1. The quantitative estimate of drug-likeness (QED) is 0.436. The SMILES string of the molecule is CCCc1nc2c(N)nc3cc(-c4cccc(C(=O)N5CCOCC5)c4)ccc3c2n1NC(C)C. The minimum absolute atomic E-state index is 0.0344. The van der Waals surface area contributed by atoms with Gasteiger partial charge in [0.25, 0.3) is 5.91 Å². The average molecular weight is 473 g/mol. The number of nitrogens with one attached hydrogen (secondary N) is 1. The Balaban J connectivity index is 1.58. The first-order valence-corrected chi connectivity index (χ1v) is 12.3. The lowest BCUT2D eigenvalue weighted by Crippen LogP contribution is -2.40. The van der Waals surface area contributed by atoms with E-state index in [0.29, 0.717) is 37.7 Å². The van der Waals surface area contributed by atoms with Gasteiger partial charge in [0.2, 0.25) is 0 Å². The van der Waals surface area contributed by atoms with Crippen molar-refractivity contribution in [2.75, 3.05) is 37.5 Å². The van der Waals surface area contributed by atoms with E-state index >= 15 is 0 Å². The fourth-order valence-electron chi connectivity index (χ4n) is 4.65. The topological polar surface area (TPSA) is 98.3 Å². The number of hydrogen-bond donors (Lipinski definition) is 2. The van der Waals surface area contributed by atoms with E-state index in [9.17, 15) is 4.79 Å². The van der Waals surface area contributed by atoms with Gasteiger partial charge in [0.1, 0.15) is 16.9 Å². The van der Waals surface area contributed by atoms with E-state index in [1.165, 1.54) is 0 Å². The summed E-state index contributed by atoms with van der Waals surface area (Å²) in [4.78, 5) is 24.4. The predicted molar refractivity (Wildman–Crippen MR) is 140 cm³/mol. The van der Waals surface area contributed by atoms with Crippen molar-refractivity contribution in [3.8, 4) is 11.1 Å². The molecule has 1 aliphatic heterocycles. The molecule has 1 amide bonds. The Morgan fingerprint density at radius 1 is 1.11 bits per heavy atom. The van der Waals surface area contributed by atoms with Gasteiger partial charge >= 0.3 is 0 Å². The zero-order valence-corrected chi connectivity index (χ0v) is 20.5. The van der Waals surface area contributed by atoms with Crippen molar-refractivity contribution in [1.29, 1.82) is 0 Å². The van der Waals surface area contributed by atoms with Gasteiger partial charge in [0, 0.05) is 36.5 Å². The van der Waals surface area contributed by atoms with Crippen LogP contribution in [-0.4, -0.2) is 57.8 Å². The number of rotatable bonds is 6. The van der Waals surface area contributed by atoms with E-state index in [1.807, 2.05) is 35.2 Å². The maximum absolute atomic E-state index is 13.0. The third-order valence-electron chi connectivity index (χ3n) is 6.29. The van der Waals surface area contributed by atoms with Gasteiger partial charge in [0.05, 0.1) is 18.7 Å². The van der Waals surface area contributed by atoms with Gasteiger partial charge in [-0.2, -0.15) is 0 Å². The Morgan fingerprint density at radius 2 is 1.89 bits per heavy atom. The maximum Gasteiger partial charge on any atom is 0.254 e. The molecule has 8 heteroatoms. The highest BCUT2D eigenvalue weighted by atomic mass is 16.5. The molecule has 3 heterocycles. The van der Waals surface area contributed by atoms with Gasteiger partial charge in [-0.15, -0.1) is 0 Å². The molecule has 0 bridgehead atoms. The maximum atomic E-state index is 13.0. The molecule has 0 aliphatic carbocycles. The van der Waals surface area contributed by atoms with Crippen molar-refractivity contribution in [3.63, 3.8) is 0 Å². The van der Waals surface area contributed by atoms with Crippen molar-refractivity contribution >= 4 is 33.7 Å². The highest BCUT2D eigenvalue weighted by Crippen LogP contribution is 2.32. The lowest BCUT2D eigenvalue weighted by molar-refractivity contribution is 0.0303. The van der Waals surface area contributed by atoms with Gasteiger partial charge in [0.15, 0.2) is 5.82 Å². The molecular weight excluding hydrogens is 440 g/mol. The zero-order chi connectivity index (χ0) is 24.5. The van der Waals surface area contributed by atoms with Crippen LogP contribution in [0.5, 0.6) is 0 Å². The van der Waals surface area contributed by atoms with E-state index < -0.39 is 0 Å².